The number of pyridine rings is 1. The summed E-state index contributed by atoms with van der Waals surface area (Å²) >= 11 is 6.28. The molecule has 29 heavy (non-hydrogen) atoms. The maximum atomic E-state index is 6.28. The third-order valence-electron chi connectivity index (χ3n) is 5.45. The molecule has 0 N–H and O–H groups in total. The minimum Gasteiger partial charge on any atom is -0.369 e. The highest BCUT2D eigenvalue weighted by molar-refractivity contribution is 6.31. The van der Waals surface area contributed by atoms with Gasteiger partial charge in [-0.3, -0.25) is 14.6 Å². The minimum absolute atomic E-state index is 0.000334. The van der Waals surface area contributed by atoms with Crippen molar-refractivity contribution < 1.29 is 4.74 Å². The molecule has 3 heterocycles. The summed E-state index contributed by atoms with van der Waals surface area (Å²) in [6, 6.07) is 12.2. The zero-order valence-electron chi connectivity index (χ0n) is 17.0. The van der Waals surface area contributed by atoms with Gasteiger partial charge in [-0.1, -0.05) is 35.9 Å². The summed E-state index contributed by atoms with van der Waals surface area (Å²) in [5.41, 5.74) is 5.65. The first-order valence-corrected chi connectivity index (χ1v) is 10.5. The van der Waals surface area contributed by atoms with E-state index in [1.807, 2.05) is 29.1 Å². The average Bonchev–Trinajstić information content (AvgIpc) is 3.10. The number of ether oxygens (including phenoxy) is 1. The fraction of sp³-hybridized carbons (Fsp3) is 0.391. The molecule has 6 heteroatoms. The van der Waals surface area contributed by atoms with E-state index in [-0.39, 0.29) is 6.10 Å². The molecule has 1 saturated heterocycles. The molecule has 5 nitrogen and oxygen atoms in total. The van der Waals surface area contributed by atoms with Crippen LogP contribution in [0.5, 0.6) is 0 Å². The Bertz CT molecular complexity index is 954. The van der Waals surface area contributed by atoms with E-state index in [0.717, 1.165) is 60.1 Å². The van der Waals surface area contributed by atoms with Crippen molar-refractivity contribution in [3.63, 3.8) is 0 Å². The average molecular weight is 411 g/mol. The van der Waals surface area contributed by atoms with Crippen molar-refractivity contribution in [3.05, 3.63) is 81.9 Å². The summed E-state index contributed by atoms with van der Waals surface area (Å²) in [6.07, 6.45) is 4.88. The smallest absolute Gasteiger partial charge is 0.112 e. The molecule has 0 radical (unpaired) electrons. The fourth-order valence-corrected chi connectivity index (χ4v) is 3.94. The highest BCUT2D eigenvalue weighted by Gasteiger charge is 2.24. The van der Waals surface area contributed by atoms with Crippen molar-refractivity contribution in [2.24, 2.45) is 0 Å². The van der Waals surface area contributed by atoms with Gasteiger partial charge >= 0.3 is 0 Å². The molecular weight excluding hydrogens is 384 g/mol. The van der Waals surface area contributed by atoms with Crippen molar-refractivity contribution in [1.29, 1.82) is 0 Å². The van der Waals surface area contributed by atoms with Crippen LogP contribution in [0.1, 0.15) is 41.1 Å². The molecule has 0 spiro atoms. The highest BCUT2D eigenvalue weighted by atomic mass is 35.5. The van der Waals surface area contributed by atoms with Gasteiger partial charge in [-0.05, 0) is 37.1 Å². The number of hydrogen-bond donors (Lipinski definition) is 0. The number of nitrogens with zero attached hydrogens (tertiary/aromatic N) is 4. The molecule has 0 saturated carbocycles. The summed E-state index contributed by atoms with van der Waals surface area (Å²) in [5, 5.41) is 5.35. The van der Waals surface area contributed by atoms with Gasteiger partial charge in [-0.25, -0.2) is 0 Å². The summed E-state index contributed by atoms with van der Waals surface area (Å²) in [4.78, 5) is 7.12. The second-order valence-electron chi connectivity index (χ2n) is 7.55. The van der Waals surface area contributed by atoms with Crippen molar-refractivity contribution in [2.75, 3.05) is 19.7 Å². The number of halogens is 1. The third-order valence-corrected chi connectivity index (χ3v) is 5.82. The first-order chi connectivity index (χ1) is 14.1. The number of morpholine rings is 1. The Balaban J connectivity index is 1.40. The largest absolute Gasteiger partial charge is 0.369 e. The molecule has 1 aliphatic heterocycles. The topological polar surface area (TPSA) is 43.2 Å². The van der Waals surface area contributed by atoms with Crippen LogP contribution in [-0.2, 0) is 24.2 Å². The number of aryl methyl sites for hydroxylation is 2. The molecular formula is C23H27ClN4O. The van der Waals surface area contributed by atoms with Crippen LogP contribution in [0.3, 0.4) is 0 Å². The lowest BCUT2D eigenvalue weighted by Gasteiger charge is -2.32. The van der Waals surface area contributed by atoms with Crippen molar-refractivity contribution in [2.45, 2.75) is 39.5 Å². The molecule has 1 aromatic carbocycles. The maximum Gasteiger partial charge on any atom is 0.112 e. The molecule has 0 amide bonds. The van der Waals surface area contributed by atoms with Crippen molar-refractivity contribution in [3.8, 4) is 0 Å². The first-order valence-electron chi connectivity index (χ1n) is 10.2. The number of hydrogen-bond acceptors (Lipinski definition) is 4. The van der Waals surface area contributed by atoms with E-state index < -0.39 is 0 Å². The van der Waals surface area contributed by atoms with Crippen LogP contribution in [0.15, 0.2) is 48.8 Å². The molecule has 1 fully saturated rings. The van der Waals surface area contributed by atoms with Gasteiger partial charge in [0.15, 0.2) is 0 Å². The predicted octanol–water partition coefficient (Wildman–Crippen LogP) is 4.42. The Morgan fingerprint density at radius 2 is 2.03 bits per heavy atom. The second kappa shape index (κ2) is 9.08. The molecule has 1 atom stereocenters. The van der Waals surface area contributed by atoms with Crippen LogP contribution >= 0.6 is 11.6 Å². The lowest BCUT2D eigenvalue weighted by atomic mass is 10.1. The third kappa shape index (κ3) is 4.86. The van der Waals surface area contributed by atoms with Crippen LogP contribution in [-0.4, -0.2) is 39.4 Å². The van der Waals surface area contributed by atoms with Crippen molar-refractivity contribution >= 4 is 11.6 Å². The monoisotopic (exact) mass is 410 g/mol. The Morgan fingerprint density at radius 3 is 2.76 bits per heavy atom. The summed E-state index contributed by atoms with van der Waals surface area (Å²) in [7, 11) is 0. The van der Waals surface area contributed by atoms with Gasteiger partial charge in [0, 0.05) is 55.6 Å². The van der Waals surface area contributed by atoms with Gasteiger partial charge < -0.3 is 4.74 Å². The Morgan fingerprint density at radius 1 is 1.17 bits per heavy atom. The Kier molecular flexibility index (Phi) is 6.28. The Hall–Kier alpha value is -2.21. The first kappa shape index (κ1) is 20.1. The van der Waals surface area contributed by atoms with Crippen LogP contribution < -0.4 is 0 Å². The van der Waals surface area contributed by atoms with Gasteiger partial charge in [0.05, 0.1) is 18.0 Å². The lowest BCUT2D eigenvalue weighted by Crippen LogP contribution is -2.38. The van der Waals surface area contributed by atoms with Gasteiger partial charge in [0.2, 0.25) is 0 Å². The van der Waals surface area contributed by atoms with E-state index in [2.05, 4.69) is 48.2 Å². The van der Waals surface area contributed by atoms with E-state index in [9.17, 15) is 0 Å². The molecule has 0 aliphatic carbocycles. The van der Waals surface area contributed by atoms with E-state index in [1.54, 1.807) is 0 Å². The van der Waals surface area contributed by atoms with E-state index in [0.29, 0.717) is 6.61 Å². The highest BCUT2D eigenvalue weighted by Crippen LogP contribution is 2.24. The summed E-state index contributed by atoms with van der Waals surface area (Å²) in [6.45, 7) is 8.48. The van der Waals surface area contributed by atoms with E-state index >= 15 is 0 Å². The number of aromatic nitrogens is 3. The molecule has 0 bridgehead atoms. The fourth-order valence-electron chi connectivity index (χ4n) is 3.73. The quantitative estimate of drug-likeness (QED) is 0.603. The van der Waals surface area contributed by atoms with E-state index in [1.165, 1.54) is 5.56 Å². The van der Waals surface area contributed by atoms with Gasteiger partial charge in [-0.2, -0.15) is 5.10 Å². The molecule has 3 aromatic rings. The summed E-state index contributed by atoms with van der Waals surface area (Å²) < 4.78 is 8.02. The van der Waals surface area contributed by atoms with Gasteiger partial charge in [0.25, 0.3) is 0 Å². The van der Waals surface area contributed by atoms with E-state index in [4.69, 9.17) is 21.3 Å². The molecule has 1 unspecified atom stereocenters. The second-order valence-corrected chi connectivity index (χ2v) is 7.96. The van der Waals surface area contributed by atoms with Gasteiger partial charge in [-0.15, -0.1) is 0 Å². The predicted molar refractivity (Wildman–Crippen MR) is 115 cm³/mol. The number of benzene rings is 1. The molecule has 1 aliphatic rings. The maximum absolute atomic E-state index is 6.28. The zero-order chi connectivity index (χ0) is 20.2. The Labute approximate surface area is 177 Å². The zero-order valence-corrected chi connectivity index (χ0v) is 17.8. The van der Waals surface area contributed by atoms with Gasteiger partial charge in [0.1, 0.15) is 6.10 Å². The lowest BCUT2D eigenvalue weighted by molar-refractivity contribution is -0.0350. The van der Waals surface area contributed by atoms with Crippen molar-refractivity contribution in [1.82, 2.24) is 19.7 Å². The SMILES string of the molecule is CCn1cc(CN2CCOC(c3ccc(Cc4ccccc4Cl)cn3)C2)c(C)n1. The van der Waals surface area contributed by atoms with Crippen LogP contribution in [0, 0.1) is 6.92 Å². The van der Waals surface area contributed by atoms with Crippen LogP contribution in [0.2, 0.25) is 5.02 Å². The number of rotatable bonds is 6. The van der Waals surface area contributed by atoms with Crippen LogP contribution in [0.4, 0.5) is 0 Å². The molecule has 152 valence electrons. The van der Waals surface area contributed by atoms with Crippen LogP contribution in [0.25, 0.3) is 0 Å². The molecule has 2 aromatic heterocycles. The normalized spacial score (nSPS) is 17.6. The minimum atomic E-state index is -0.000334. The molecule has 4 rings (SSSR count). The summed E-state index contributed by atoms with van der Waals surface area (Å²) in [5.74, 6) is 0. The standard InChI is InChI=1S/C23H27ClN4O/c1-3-28-15-20(17(2)26-28)14-27-10-11-29-23(16-27)22-9-8-18(13-25-22)12-19-6-4-5-7-21(19)24/h4-9,13,15,23H,3,10-12,14,16H2,1-2H3.